The second-order valence-corrected chi connectivity index (χ2v) is 5.48. The lowest BCUT2D eigenvalue weighted by atomic mass is 10.0. The van der Waals surface area contributed by atoms with E-state index in [1.54, 1.807) is 17.5 Å². The Morgan fingerprint density at radius 1 is 1.32 bits per heavy atom. The lowest BCUT2D eigenvalue weighted by Crippen LogP contribution is -2.10. The molecule has 1 atom stereocenters. The molecule has 1 unspecified atom stereocenters. The molecule has 0 aliphatic rings. The van der Waals surface area contributed by atoms with Gasteiger partial charge in [-0.1, -0.05) is 25.1 Å². The summed E-state index contributed by atoms with van der Waals surface area (Å²) in [7, 11) is 0. The topological polar surface area (TPSA) is 38.0 Å². The van der Waals surface area contributed by atoms with Crippen LogP contribution in [-0.2, 0) is 6.54 Å². The fourth-order valence-electron chi connectivity index (χ4n) is 2.36. The van der Waals surface area contributed by atoms with Crippen LogP contribution in [0.4, 0.5) is 0 Å². The second-order valence-electron chi connectivity index (χ2n) is 4.57. The van der Waals surface area contributed by atoms with E-state index in [2.05, 4.69) is 29.5 Å². The Kier molecular flexibility index (Phi) is 3.36. The van der Waals surface area contributed by atoms with Crippen LogP contribution in [-0.4, -0.2) is 14.9 Å². The van der Waals surface area contributed by atoms with Gasteiger partial charge in [0, 0.05) is 23.0 Å². The van der Waals surface area contributed by atoms with Crippen LogP contribution in [0.1, 0.15) is 30.7 Å². The number of fused-ring (bicyclic) bond motifs is 1. The number of nitrogens with zero attached hydrogens (tertiary/aromatic N) is 2. The van der Waals surface area contributed by atoms with E-state index in [1.165, 1.54) is 5.39 Å². The number of hydrogen-bond donors (Lipinski definition) is 1. The van der Waals surface area contributed by atoms with Gasteiger partial charge in [-0.05, 0) is 29.3 Å². The Hall–Kier alpha value is -1.65. The molecule has 2 aromatic heterocycles. The normalized spacial score (nSPS) is 12.9. The molecule has 0 aliphatic carbocycles. The maximum atomic E-state index is 10.7. The van der Waals surface area contributed by atoms with Gasteiger partial charge < -0.3 is 5.11 Å². The molecule has 3 rings (SSSR count). The molecule has 2 heterocycles. The van der Waals surface area contributed by atoms with E-state index in [4.69, 9.17) is 0 Å². The maximum absolute atomic E-state index is 10.7. The van der Waals surface area contributed by atoms with Crippen molar-refractivity contribution in [3.05, 3.63) is 53.2 Å². The number of benzene rings is 1. The highest BCUT2D eigenvalue weighted by molar-refractivity contribution is 7.17. The molecule has 3 aromatic rings. The maximum Gasteiger partial charge on any atom is 0.122 e. The minimum atomic E-state index is -0.614. The van der Waals surface area contributed by atoms with Crippen LogP contribution in [0, 0.1) is 0 Å². The number of hydrogen-bond acceptors (Lipinski definition) is 3. The standard InChI is InChI=1S/C15H16N2OS/c1-2-9-17-13(6-8-16-17)14(18)12-5-3-4-11-7-10-19-15(11)12/h3-8,10,14,18H,2,9H2,1H3. The highest BCUT2D eigenvalue weighted by Gasteiger charge is 2.17. The van der Waals surface area contributed by atoms with Crippen molar-refractivity contribution in [3.63, 3.8) is 0 Å². The number of aliphatic hydroxyl groups is 1. The van der Waals surface area contributed by atoms with Crippen molar-refractivity contribution < 1.29 is 5.11 Å². The summed E-state index contributed by atoms with van der Waals surface area (Å²) in [5.74, 6) is 0. The highest BCUT2D eigenvalue weighted by atomic mass is 32.1. The summed E-state index contributed by atoms with van der Waals surface area (Å²) in [6.45, 7) is 2.94. The number of thiophene rings is 1. The van der Waals surface area contributed by atoms with E-state index >= 15 is 0 Å². The molecule has 0 aliphatic heterocycles. The van der Waals surface area contributed by atoms with E-state index in [-0.39, 0.29) is 0 Å². The summed E-state index contributed by atoms with van der Waals surface area (Å²) >= 11 is 1.67. The summed E-state index contributed by atoms with van der Waals surface area (Å²) in [5, 5.41) is 18.2. The van der Waals surface area contributed by atoms with E-state index in [0.29, 0.717) is 0 Å². The third-order valence-corrected chi connectivity index (χ3v) is 4.25. The van der Waals surface area contributed by atoms with E-state index < -0.39 is 6.10 Å². The van der Waals surface area contributed by atoms with Gasteiger partial charge in [-0.2, -0.15) is 5.10 Å². The molecule has 4 heteroatoms. The number of aryl methyl sites for hydroxylation is 1. The van der Waals surface area contributed by atoms with Crippen molar-refractivity contribution in [2.45, 2.75) is 26.0 Å². The first-order chi connectivity index (χ1) is 9.31. The van der Waals surface area contributed by atoms with Crippen molar-refractivity contribution in [3.8, 4) is 0 Å². The first kappa shape index (κ1) is 12.4. The monoisotopic (exact) mass is 272 g/mol. The molecule has 0 bridgehead atoms. The summed E-state index contributed by atoms with van der Waals surface area (Å²) in [4.78, 5) is 0. The molecule has 0 saturated heterocycles. The molecule has 0 fully saturated rings. The van der Waals surface area contributed by atoms with Crippen LogP contribution in [0.3, 0.4) is 0 Å². The highest BCUT2D eigenvalue weighted by Crippen LogP contribution is 2.32. The second kappa shape index (κ2) is 5.15. The van der Waals surface area contributed by atoms with Crippen LogP contribution >= 0.6 is 11.3 Å². The third kappa shape index (κ3) is 2.17. The van der Waals surface area contributed by atoms with Gasteiger partial charge in [-0.25, -0.2) is 0 Å². The molecule has 0 saturated carbocycles. The quantitative estimate of drug-likeness (QED) is 0.788. The summed E-state index contributed by atoms with van der Waals surface area (Å²) in [5.41, 5.74) is 1.83. The fraction of sp³-hybridized carbons (Fsp3) is 0.267. The van der Waals surface area contributed by atoms with Gasteiger partial charge >= 0.3 is 0 Å². The van der Waals surface area contributed by atoms with Crippen molar-refractivity contribution in [2.24, 2.45) is 0 Å². The molecule has 3 nitrogen and oxygen atoms in total. The van der Waals surface area contributed by atoms with Crippen molar-refractivity contribution in [1.29, 1.82) is 0 Å². The van der Waals surface area contributed by atoms with Gasteiger partial charge in [-0.3, -0.25) is 4.68 Å². The van der Waals surface area contributed by atoms with Gasteiger partial charge in [0.1, 0.15) is 6.10 Å². The van der Waals surface area contributed by atoms with Crippen LogP contribution in [0.2, 0.25) is 0 Å². The predicted molar refractivity (Wildman–Crippen MR) is 78.4 cm³/mol. The average Bonchev–Trinajstić information content (AvgIpc) is 3.06. The molecule has 1 N–H and O–H groups in total. The van der Waals surface area contributed by atoms with Crippen molar-refractivity contribution >= 4 is 21.4 Å². The minimum Gasteiger partial charge on any atom is -0.382 e. The third-order valence-electron chi connectivity index (χ3n) is 3.27. The van der Waals surface area contributed by atoms with Crippen molar-refractivity contribution in [2.75, 3.05) is 0 Å². The number of rotatable bonds is 4. The average molecular weight is 272 g/mol. The lowest BCUT2D eigenvalue weighted by Gasteiger charge is -2.14. The van der Waals surface area contributed by atoms with Gasteiger partial charge in [0.05, 0.1) is 5.69 Å². The summed E-state index contributed by atoms with van der Waals surface area (Å²) in [6.07, 6.45) is 2.14. The minimum absolute atomic E-state index is 0.614. The Labute approximate surface area is 116 Å². The Morgan fingerprint density at radius 3 is 3.05 bits per heavy atom. The van der Waals surface area contributed by atoms with Crippen molar-refractivity contribution in [1.82, 2.24) is 9.78 Å². The van der Waals surface area contributed by atoms with Crippen LogP contribution in [0.15, 0.2) is 41.9 Å². The first-order valence-electron chi connectivity index (χ1n) is 6.47. The van der Waals surface area contributed by atoms with E-state index in [0.717, 1.165) is 28.9 Å². The SMILES string of the molecule is CCCn1nccc1C(O)c1cccc2ccsc12. The molecule has 98 valence electrons. The van der Waals surface area contributed by atoms with Crippen LogP contribution in [0.25, 0.3) is 10.1 Å². The van der Waals surface area contributed by atoms with Gasteiger partial charge in [0.15, 0.2) is 0 Å². The molecule has 19 heavy (non-hydrogen) atoms. The van der Waals surface area contributed by atoms with Gasteiger partial charge in [0.25, 0.3) is 0 Å². The number of aliphatic hydroxyl groups excluding tert-OH is 1. The molecular formula is C15H16N2OS. The zero-order chi connectivity index (χ0) is 13.2. The Bertz CT molecular complexity index is 686. The molecular weight excluding hydrogens is 256 g/mol. The molecule has 1 aromatic carbocycles. The van der Waals surface area contributed by atoms with Gasteiger partial charge in [0.2, 0.25) is 0 Å². The predicted octanol–water partition coefficient (Wildman–Crippen LogP) is 3.59. The largest absolute Gasteiger partial charge is 0.382 e. The summed E-state index contributed by atoms with van der Waals surface area (Å²) < 4.78 is 3.04. The zero-order valence-electron chi connectivity index (χ0n) is 10.8. The van der Waals surface area contributed by atoms with Gasteiger partial charge in [-0.15, -0.1) is 11.3 Å². The van der Waals surface area contributed by atoms with E-state index in [9.17, 15) is 5.11 Å². The molecule has 0 spiro atoms. The zero-order valence-corrected chi connectivity index (χ0v) is 11.6. The van der Waals surface area contributed by atoms with Crippen LogP contribution in [0.5, 0.6) is 0 Å². The van der Waals surface area contributed by atoms with E-state index in [1.807, 2.05) is 22.9 Å². The summed E-state index contributed by atoms with van der Waals surface area (Å²) in [6, 6.07) is 10.0. The lowest BCUT2D eigenvalue weighted by molar-refractivity contribution is 0.209. The molecule has 0 amide bonds. The number of aromatic nitrogens is 2. The Morgan fingerprint density at radius 2 is 2.21 bits per heavy atom. The Balaban J connectivity index is 2.05. The fourth-order valence-corrected chi connectivity index (χ4v) is 3.30. The molecule has 0 radical (unpaired) electrons. The smallest absolute Gasteiger partial charge is 0.122 e. The first-order valence-corrected chi connectivity index (χ1v) is 7.35. The van der Waals surface area contributed by atoms with Crippen LogP contribution < -0.4 is 0 Å².